The lowest BCUT2D eigenvalue weighted by Crippen LogP contribution is -2.18. The van der Waals surface area contributed by atoms with Gasteiger partial charge in [0.2, 0.25) is 0 Å². The number of aromatic nitrogens is 3. The molecule has 0 aliphatic carbocycles. The number of hydrogen-bond donors (Lipinski definition) is 0. The van der Waals surface area contributed by atoms with Gasteiger partial charge in [0.1, 0.15) is 5.82 Å². The molecule has 0 saturated carbocycles. The molecule has 0 amide bonds. The standard InChI is InChI=1S/C13H14BrN3/c1-9-5-6-17-12(7-9)15-13(16-17)10-3-2-4-11(14)8-10/h2-4,8-9H,5-7H2,1H3. The Morgan fingerprint density at radius 2 is 2.29 bits per heavy atom. The van der Waals surface area contributed by atoms with Crippen LogP contribution in [0.25, 0.3) is 11.4 Å². The van der Waals surface area contributed by atoms with Gasteiger partial charge in [-0.15, -0.1) is 0 Å². The Hall–Kier alpha value is -1.16. The minimum atomic E-state index is 0.724. The van der Waals surface area contributed by atoms with Gasteiger partial charge >= 0.3 is 0 Å². The topological polar surface area (TPSA) is 30.7 Å². The highest BCUT2D eigenvalue weighted by molar-refractivity contribution is 9.10. The number of fused-ring (bicyclic) bond motifs is 1. The Morgan fingerprint density at radius 3 is 3.12 bits per heavy atom. The van der Waals surface area contributed by atoms with Crippen LogP contribution in [0.15, 0.2) is 28.7 Å². The minimum absolute atomic E-state index is 0.724. The van der Waals surface area contributed by atoms with Crippen LogP contribution in [0.2, 0.25) is 0 Å². The van der Waals surface area contributed by atoms with Crippen LogP contribution in [0.3, 0.4) is 0 Å². The van der Waals surface area contributed by atoms with Gasteiger partial charge in [0.25, 0.3) is 0 Å². The average Bonchev–Trinajstić information content (AvgIpc) is 2.72. The van der Waals surface area contributed by atoms with E-state index < -0.39 is 0 Å². The van der Waals surface area contributed by atoms with Crippen LogP contribution >= 0.6 is 15.9 Å². The van der Waals surface area contributed by atoms with Crippen molar-refractivity contribution in [1.82, 2.24) is 14.8 Å². The Labute approximate surface area is 109 Å². The largest absolute Gasteiger partial charge is 0.249 e. The molecule has 0 saturated heterocycles. The lowest BCUT2D eigenvalue weighted by Gasteiger charge is -2.17. The summed E-state index contributed by atoms with van der Waals surface area (Å²) in [7, 11) is 0. The highest BCUT2D eigenvalue weighted by atomic mass is 79.9. The molecular formula is C13H14BrN3. The fraction of sp³-hybridized carbons (Fsp3) is 0.385. The lowest BCUT2D eigenvalue weighted by atomic mass is 10.0. The molecule has 2 heterocycles. The summed E-state index contributed by atoms with van der Waals surface area (Å²) in [5.41, 5.74) is 1.08. The van der Waals surface area contributed by atoms with Crippen molar-refractivity contribution >= 4 is 15.9 Å². The van der Waals surface area contributed by atoms with Crippen molar-refractivity contribution in [2.75, 3.05) is 0 Å². The molecule has 4 heteroatoms. The first kappa shape index (κ1) is 11.0. The van der Waals surface area contributed by atoms with E-state index in [1.165, 1.54) is 6.42 Å². The average molecular weight is 292 g/mol. The number of hydrogen-bond acceptors (Lipinski definition) is 2. The molecule has 2 aromatic rings. The molecule has 3 nitrogen and oxygen atoms in total. The van der Waals surface area contributed by atoms with Crippen molar-refractivity contribution in [2.24, 2.45) is 5.92 Å². The van der Waals surface area contributed by atoms with Crippen molar-refractivity contribution in [3.05, 3.63) is 34.6 Å². The maximum atomic E-state index is 4.64. The van der Waals surface area contributed by atoms with E-state index in [1.807, 2.05) is 12.1 Å². The van der Waals surface area contributed by atoms with E-state index in [1.54, 1.807) is 0 Å². The van der Waals surface area contributed by atoms with Crippen molar-refractivity contribution in [2.45, 2.75) is 26.3 Å². The number of nitrogens with zero attached hydrogens (tertiary/aromatic N) is 3. The van der Waals surface area contributed by atoms with E-state index >= 15 is 0 Å². The van der Waals surface area contributed by atoms with E-state index in [0.29, 0.717) is 0 Å². The van der Waals surface area contributed by atoms with Crippen LogP contribution in [0.4, 0.5) is 0 Å². The lowest BCUT2D eigenvalue weighted by molar-refractivity contribution is 0.386. The number of aryl methyl sites for hydroxylation is 1. The summed E-state index contributed by atoms with van der Waals surface area (Å²) in [6, 6.07) is 8.14. The number of rotatable bonds is 1. The van der Waals surface area contributed by atoms with Gasteiger partial charge in [-0.05, 0) is 24.5 Å². The maximum absolute atomic E-state index is 4.64. The van der Waals surface area contributed by atoms with Crippen LogP contribution in [0, 0.1) is 5.92 Å². The molecular weight excluding hydrogens is 278 g/mol. The Bertz CT molecular complexity index is 547. The third kappa shape index (κ3) is 2.14. The summed E-state index contributed by atoms with van der Waals surface area (Å²) in [5.74, 6) is 2.69. The molecule has 0 radical (unpaired) electrons. The molecule has 0 spiro atoms. The zero-order valence-electron chi connectivity index (χ0n) is 9.73. The number of benzene rings is 1. The van der Waals surface area contributed by atoms with Crippen LogP contribution in [-0.4, -0.2) is 14.8 Å². The summed E-state index contributed by atoms with van der Waals surface area (Å²) >= 11 is 3.48. The van der Waals surface area contributed by atoms with Crippen molar-refractivity contribution in [1.29, 1.82) is 0 Å². The molecule has 1 aliphatic rings. The summed E-state index contributed by atoms with van der Waals surface area (Å²) in [4.78, 5) is 4.64. The Morgan fingerprint density at radius 1 is 1.41 bits per heavy atom. The zero-order chi connectivity index (χ0) is 11.8. The quantitative estimate of drug-likeness (QED) is 0.807. The van der Waals surface area contributed by atoms with E-state index in [-0.39, 0.29) is 0 Å². The van der Waals surface area contributed by atoms with E-state index in [0.717, 1.165) is 40.6 Å². The molecule has 0 N–H and O–H groups in total. The molecule has 1 aliphatic heterocycles. The van der Waals surface area contributed by atoms with E-state index in [9.17, 15) is 0 Å². The molecule has 1 atom stereocenters. The monoisotopic (exact) mass is 291 g/mol. The molecule has 0 bridgehead atoms. The van der Waals surface area contributed by atoms with Gasteiger partial charge in [-0.3, -0.25) is 0 Å². The van der Waals surface area contributed by atoms with E-state index in [4.69, 9.17) is 0 Å². The molecule has 0 fully saturated rings. The smallest absolute Gasteiger partial charge is 0.181 e. The zero-order valence-corrected chi connectivity index (χ0v) is 11.3. The molecule has 1 unspecified atom stereocenters. The number of halogens is 1. The first-order valence-corrected chi connectivity index (χ1v) is 6.71. The second-order valence-corrected chi connectivity index (χ2v) is 5.60. The fourth-order valence-electron chi connectivity index (χ4n) is 2.21. The predicted octanol–water partition coefficient (Wildman–Crippen LogP) is 3.29. The van der Waals surface area contributed by atoms with Crippen molar-refractivity contribution in [3.63, 3.8) is 0 Å². The summed E-state index contributed by atoms with van der Waals surface area (Å²) in [6.45, 7) is 3.27. The van der Waals surface area contributed by atoms with Crippen molar-refractivity contribution in [3.8, 4) is 11.4 Å². The van der Waals surface area contributed by atoms with Crippen LogP contribution < -0.4 is 0 Å². The third-order valence-electron chi connectivity index (χ3n) is 3.20. The Kier molecular flexibility index (Phi) is 2.74. The molecule has 1 aromatic carbocycles. The molecule has 1 aromatic heterocycles. The van der Waals surface area contributed by atoms with Gasteiger partial charge in [0.15, 0.2) is 5.82 Å². The summed E-state index contributed by atoms with van der Waals surface area (Å²) in [5, 5.41) is 4.58. The van der Waals surface area contributed by atoms with E-state index in [2.05, 4.69) is 49.8 Å². The second kappa shape index (κ2) is 4.26. The van der Waals surface area contributed by atoms with Gasteiger partial charge in [0, 0.05) is 23.0 Å². The Balaban J connectivity index is 2.00. The SMILES string of the molecule is CC1CCn2nc(-c3cccc(Br)c3)nc2C1. The molecule has 3 rings (SSSR count). The molecule has 88 valence electrons. The van der Waals surface area contributed by atoms with Gasteiger partial charge in [-0.1, -0.05) is 35.0 Å². The first-order chi connectivity index (χ1) is 8.22. The van der Waals surface area contributed by atoms with Gasteiger partial charge in [-0.2, -0.15) is 5.10 Å². The highest BCUT2D eigenvalue weighted by Crippen LogP contribution is 2.24. The highest BCUT2D eigenvalue weighted by Gasteiger charge is 2.19. The first-order valence-electron chi connectivity index (χ1n) is 5.92. The van der Waals surface area contributed by atoms with Crippen LogP contribution in [-0.2, 0) is 13.0 Å². The van der Waals surface area contributed by atoms with Gasteiger partial charge in [-0.25, -0.2) is 9.67 Å². The molecule has 17 heavy (non-hydrogen) atoms. The summed E-state index contributed by atoms with van der Waals surface area (Å²) in [6.07, 6.45) is 2.25. The van der Waals surface area contributed by atoms with Crippen LogP contribution in [0.5, 0.6) is 0 Å². The van der Waals surface area contributed by atoms with Gasteiger partial charge in [0.05, 0.1) is 0 Å². The van der Waals surface area contributed by atoms with Crippen LogP contribution in [0.1, 0.15) is 19.2 Å². The van der Waals surface area contributed by atoms with Gasteiger partial charge < -0.3 is 0 Å². The summed E-state index contributed by atoms with van der Waals surface area (Å²) < 4.78 is 3.12. The predicted molar refractivity (Wildman–Crippen MR) is 70.6 cm³/mol. The maximum Gasteiger partial charge on any atom is 0.181 e. The van der Waals surface area contributed by atoms with Crippen molar-refractivity contribution < 1.29 is 0 Å². The third-order valence-corrected chi connectivity index (χ3v) is 3.69. The normalized spacial score (nSPS) is 19.1. The minimum Gasteiger partial charge on any atom is -0.249 e. The second-order valence-electron chi connectivity index (χ2n) is 4.68. The fourth-order valence-corrected chi connectivity index (χ4v) is 2.61.